The Kier molecular flexibility index (Phi) is 9.52. The molecule has 9 heteroatoms. The monoisotopic (exact) mass is 391 g/mol. The van der Waals surface area contributed by atoms with E-state index in [1.54, 1.807) is 16.7 Å². The molecular weight excluding hydrogens is 358 g/mol. The molecule has 0 aromatic carbocycles. The Morgan fingerprint density at radius 2 is 1.58 bits per heavy atom. The Hall–Kier alpha value is -1.19. The zero-order valence-corrected chi connectivity index (χ0v) is 17.0. The van der Waals surface area contributed by atoms with Gasteiger partial charge in [0.05, 0.1) is 18.8 Å². The van der Waals surface area contributed by atoms with Gasteiger partial charge in [-0.3, -0.25) is 14.5 Å². The molecule has 0 saturated carbocycles. The molecule has 0 radical (unpaired) electrons. The summed E-state index contributed by atoms with van der Waals surface area (Å²) >= 11 is 0. The average molecular weight is 392 g/mol. The van der Waals surface area contributed by atoms with E-state index in [9.17, 15) is 23.1 Å². The van der Waals surface area contributed by atoms with E-state index in [2.05, 4.69) is 0 Å². The van der Waals surface area contributed by atoms with Gasteiger partial charge in [0.2, 0.25) is 15.9 Å². The van der Waals surface area contributed by atoms with Crippen molar-refractivity contribution >= 4 is 21.9 Å². The third-order valence-corrected chi connectivity index (χ3v) is 6.60. The number of amides is 1. The van der Waals surface area contributed by atoms with E-state index in [0.717, 1.165) is 12.8 Å². The number of rotatable bonds is 11. The summed E-state index contributed by atoms with van der Waals surface area (Å²) in [7, 11) is -3.22. The maximum atomic E-state index is 12.6. The highest BCUT2D eigenvalue weighted by Crippen LogP contribution is 2.19. The first kappa shape index (κ1) is 22.9. The van der Waals surface area contributed by atoms with Gasteiger partial charge in [-0.2, -0.15) is 0 Å². The summed E-state index contributed by atoms with van der Waals surface area (Å²) in [5, 5.41) is 9.22. The van der Waals surface area contributed by atoms with Crippen LogP contribution in [0.3, 0.4) is 0 Å². The second-order valence-corrected chi connectivity index (χ2v) is 8.97. The van der Waals surface area contributed by atoms with Gasteiger partial charge in [-0.1, -0.05) is 13.8 Å². The van der Waals surface area contributed by atoms with Gasteiger partial charge in [-0.05, 0) is 32.6 Å². The summed E-state index contributed by atoms with van der Waals surface area (Å²) < 4.78 is 25.4. The largest absolute Gasteiger partial charge is 0.480 e. The van der Waals surface area contributed by atoms with Crippen LogP contribution in [0, 0.1) is 0 Å². The lowest BCUT2D eigenvalue weighted by atomic mass is 10.0. The molecule has 1 aliphatic heterocycles. The molecule has 1 aliphatic rings. The van der Waals surface area contributed by atoms with Crippen molar-refractivity contribution in [1.29, 1.82) is 0 Å². The Morgan fingerprint density at radius 3 is 2.00 bits per heavy atom. The van der Waals surface area contributed by atoms with Crippen LogP contribution in [0.1, 0.15) is 46.5 Å². The van der Waals surface area contributed by atoms with Crippen molar-refractivity contribution in [2.24, 2.45) is 0 Å². The van der Waals surface area contributed by atoms with Gasteiger partial charge < -0.3 is 10.0 Å². The van der Waals surface area contributed by atoms with Gasteiger partial charge in [-0.15, -0.1) is 0 Å². The molecule has 0 aromatic rings. The lowest BCUT2D eigenvalue weighted by molar-refractivity contribution is -0.141. The van der Waals surface area contributed by atoms with Crippen molar-refractivity contribution < 1.29 is 23.1 Å². The lowest BCUT2D eigenvalue weighted by Crippen LogP contribution is -2.51. The molecule has 1 saturated heterocycles. The highest BCUT2D eigenvalue weighted by atomic mass is 32.2. The summed E-state index contributed by atoms with van der Waals surface area (Å²) in [6, 6.07) is -0.0940. The number of sulfonamides is 1. The van der Waals surface area contributed by atoms with E-state index in [-0.39, 0.29) is 30.8 Å². The number of piperidine rings is 1. The number of hydrogen-bond acceptors (Lipinski definition) is 5. The molecule has 8 nitrogen and oxygen atoms in total. The normalized spacial score (nSPS) is 16.8. The van der Waals surface area contributed by atoms with Crippen molar-refractivity contribution in [1.82, 2.24) is 14.1 Å². The van der Waals surface area contributed by atoms with E-state index in [4.69, 9.17) is 0 Å². The number of carbonyl (C=O) groups excluding carboxylic acids is 1. The highest BCUT2D eigenvalue weighted by molar-refractivity contribution is 7.89. The Morgan fingerprint density at radius 1 is 1.04 bits per heavy atom. The molecule has 0 spiro atoms. The Balaban J connectivity index is 2.75. The minimum absolute atomic E-state index is 0.0569. The first-order chi connectivity index (χ1) is 12.2. The fraction of sp³-hybridized carbons (Fsp3) is 0.882. The van der Waals surface area contributed by atoms with Crippen molar-refractivity contribution in [2.45, 2.75) is 52.5 Å². The summed E-state index contributed by atoms with van der Waals surface area (Å²) in [6.07, 6.45) is 2.80. The average Bonchev–Trinajstić information content (AvgIpc) is 2.60. The van der Waals surface area contributed by atoms with Gasteiger partial charge in [0.1, 0.15) is 0 Å². The Bertz CT molecular complexity index is 553. The fourth-order valence-corrected chi connectivity index (χ4v) is 4.46. The smallest absolute Gasteiger partial charge is 0.317 e. The highest BCUT2D eigenvalue weighted by Gasteiger charge is 2.32. The Labute approximate surface area is 157 Å². The molecular formula is C17H33N3O5S. The van der Waals surface area contributed by atoms with Crippen LogP contribution < -0.4 is 0 Å². The van der Waals surface area contributed by atoms with Crippen LogP contribution in [0.2, 0.25) is 0 Å². The zero-order valence-electron chi connectivity index (χ0n) is 16.2. The SMILES string of the molecule is CCCN(CCC)C(=O)CN(CC(=O)O)C1CCN(S(=O)(=O)CC)CC1. The number of nitrogens with zero attached hydrogens (tertiary/aromatic N) is 3. The maximum absolute atomic E-state index is 12.6. The number of aliphatic carboxylic acids is 1. The summed E-state index contributed by atoms with van der Waals surface area (Å²) in [4.78, 5) is 27.3. The molecule has 26 heavy (non-hydrogen) atoms. The second-order valence-electron chi connectivity index (χ2n) is 6.71. The number of carboxylic acid groups (broad SMARTS) is 1. The number of hydrogen-bond donors (Lipinski definition) is 1. The molecule has 1 heterocycles. The van der Waals surface area contributed by atoms with Gasteiger partial charge in [0.15, 0.2) is 0 Å². The predicted octanol–water partition coefficient (Wildman–Crippen LogP) is 0.836. The third kappa shape index (κ3) is 6.85. The van der Waals surface area contributed by atoms with E-state index in [1.807, 2.05) is 13.8 Å². The van der Waals surface area contributed by atoms with E-state index in [1.165, 1.54) is 4.31 Å². The van der Waals surface area contributed by atoms with Gasteiger partial charge in [-0.25, -0.2) is 12.7 Å². The summed E-state index contributed by atoms with van der Waals surface area (Å²) in [5.41, 5.74) is 0. The van der Waals surface area contributed by atoms with Crippen LogP contribution in [0.15, 0.2) is 0 Å². The summed E-state index contributed by atoms with van der Waals surface area (Å²) in [6.45, 7) is 7.58. The van der Waals surface area contributed by atoms with Crippen LogP contribution in [0.5, 0.6) is 0 Å². The molecule has 1 N–H and O–H groups in total. The summed E-state index contributed by atoms with van der Waals surface area (Å²) in [5.74, 6) is -0.963. The molecule has 1 amide bonds. The van der Waals surface area contributed by atoms with Gasteiger partial charge >= 0.3 is 5.97 Å². The van der Waals surface area contributed by atoms with Crippen molar-refractivity contribution in [3.05, 3.63) is 0 Å². The zero-order chi connectivity index (χ0) is 19.7. The molecule has 1 fully saturated rings. The topological polar surface area (TPSA) is 98.2 Å². The molecule has 0 unspecified atom stereocenters. The van der Waals surface area contributed by atoms with Crippen molar-refractivity contribution in [3.8, 4) is 0 Å². The standard InChI is InChI=1S/C17H33N3O5S/c1-4-9-18(10-5-2)16(21)13-19(14-17(22)23)15-7-11-20(12-8-15)26(24,25)6-3/h15H,4-14H2,1-3H3,(H,22,23). The van der Waals surface area contributed by atoms with Gasteiger partial charge in [0.25, 0.3) is 0 Å². The molecule has 0 aliphatic carbocycles. The van der Waals surface area contributed by atoms with E-state index >= 15 is 0 Å². The first-order valence-corrected chi connectivity index (χ1v) is 11.1. The molecule has 1 rings (SSSR count). The van der Waals surface area contributed by atoms with Crippen molar-refractivity contribution in [3.63, 3.8) is 0 Å². The van der Waals surface area contributed by atoms with Gasteiger partial charge in [0, 0.05) is 32.2 Å². The lowest BCUT2D eigenvalue weighted by Gasteiger charge is -2.37. The minimum atomic E-state index is -3.22. The molecule has 0 aromatic heterocycles. The third-order valence-electron chi connectivity index (χ3n) is 4.71. The quantitative estimate of drug-likeness (QED) is 0.560. The van der Waals surface area contributed by atoms with Crippen LogP contribution in [0.4, 0.5) is 0 Å². The second kappa shape index (κ2) is 10.8. The van der Waals surface area contributed by atoms with E-state index in [0.29, 0.717) is 39.0 Å². The van der Waals surface area contributed by atoms with Crippen LogP contribution in [0.25, 0.3) is 0 Å². The number of carbonyl (C=O) groups is 2. The fourth-order valence-electron chi connectivity index (χ4n) is 3.33. The maximum Gasteiger partial charge on any atom is 0.317 e. The predicted molar refractivity (Wildman–Crippen MR) is 100 cm³/mol. The van der Waals surface area contributed by atoms with Crippen molar-refractivity contribution in [2.75, 3.05) is 45.0 Å². The molecule has 152 valence electrons. The molecule has 0 bridgehead atoms. The first-order valence-electron chi connectivity index (χ1n) is 9.46. The van der Waals surface area contributed by atoms with Crippen LogP contribution in [-0.4, -0.2) is 90.6 Å². The van der Waals surface area contributed by atoms with Crippen LogP contribution >= 0.6 is 0 Å². The molecule has 0 atom stereocenters. The minimum Gasteiger partial charge on any atom is -0.480 e. The van der Waals surface area contributed by atoms with Crippen LogP contribution in [-0.2, 0) is 19.6 Å². The van der Waals surface area contributed by atoms with E-state index < -0.39 is 16.0 Å². The number of carboxylic acids is 1.